The van der Waals surface area contributed by atoms with Crippen molar-refractivity contribution in [1.82, 2.24) is 9.71 Å². The van der Waals surface area contributed by atoms with Gasteiger partial charge in [-0.2, -0.15) is 8.42 Å². The lowest BCUT2D eigenvalue weighted by atomic mass is 10.1. The third kappa shape index (κ3) is 2.84. The van der Waals surface area contributed by atoms with E-state index in [0.717, 1.165) is 31.2 Å². The van der Waals surface area contributed by atoms with Crippen LogP contribution in [0.1, 0.15) is 25.7 Å². The van der Waals surface area contributed by atoms with Crippen molar-refractivity contribution in [1.29, 1.82) is 0 Å². The zero-order valence-electron chi connectivity index (χ0n) is 9.60. The highest BCUT2D eigenvalue weighted by Crippen LogP contribution is 2.25. The van der Waals surface area contributed by atoms with Gasteiger partial charge in [0.15, 0.2) is 5.03 Å². The molecule has 7 heteroatoms. The highest BCUT2D eigenvalue weighted by molar-refractivity contribution is 7.90. The van der Waals surface area contributed by atoms with Crippen LogP contribution in [0.2, 0.25) is 0 Å². The standard InChI is InChI=1S/C11H13FN2O3S/c12-9-5-6-10(13-7-9)18(16,17)14-11(15)8-3-1-2-4-8/h5-8H,1-4H2,(H,14,15). The van der Waals surface area contributed by atoms with E-state index in [-0.39, 0.29) is 10.9 Å². The number of amides is 1. The fourth-order valence-corrected chi connectivity index (χ4v) is 2.95. The largest absolute Gasteiger partial charge is 0.281 e. The molecule has 1 aromatic rings. The first kappa shape index (κ1) is 12.9. The number of carbonyl (C=O) groups excluding carboxylic acids is 1. The average molecular weight is 272 g/mol. The van der Waals surface area contributed by atoms with Crippen molar-refractivity contribution < 1.29 is 17.6 Å². The van der Waals surface area contributed by atoms with Gasteiger partial charge >= 0.3 is 0 Å². The van der Waals surface area contributed by atoms with Crippen molar-refractivity contribution in [3.8, 4) is 0 Å². The van der Waals surface area contributed by atoms with E-state index in [9.17, 15) is 17.6 Å². The molecule has 1 fully saturated rings. The number of pyridine rings is 1. The molecule has 0 bridgehead atoms. The molecule has 0 aliphatic heterocycles. The van der Waals surface area contributed by atoms with Gasteiger partial charge in [0.25, 0.3) is 10.0 Å². The summed E-state index contributed by atoms with van der Waals surface area (Å²) >= 11 is 0. The monoisotopic (exact) mass is 272 g/mol. The maximum Gasteiger partial charge on any atom is 0.281 e. The lowest BCUT2D eigenvalue weighted by molar-refractivity contribution is -0.122. The van der Waals surface area contributed by atoms with Crippen LogP contribution in [-0.4, -0.2) is 19.3 Å². The molecule has 1 aliphatic carbocycles. The van der Waals surface area contributed by atoms with E-state index < -0.39 is 21.7 Å². The smallest absolute Gasteiger partial charge is 0.274 e. The molecule has 5 nitrogen and oxygen atoms in total. The van der Waals surface area contributed by atoms with Gasteiger partial charge in [0.05, 0.1) is 6.20 Å². The SMILES string of the molecule is O=C(NS(=O)(=O)c1ccc(F)cn1)C1CCCC1. The van der Waals surface area contributed by atoms with Crippen LogP contribution < -0.4 is 4.72 Å². The Morgan fingerprint density at radius 3 is 2.56 bits per heavy atom. The van der Waals surface area contributed by atoms with Crippen molar-refractivity contribution in [3.05, 3.63) is 24.1 Å². The van der Waals surface area contributed by atoms with E-state index in [1.807, 2.05) is 4.72 Å². The Morgan fingerprint density at radius 1 is 1.33 bits per heavy atom. The fourth-order valence-electron chi connectivity index (χ4n) is 1.98. The number of sulfonamides is 1. The van der Waals surface area contributed by atoms with Gasteiger partial charge in [-0.3, -0.25) is 4.79 Å². The molecule has 0 aromatic carbocycles. The van der Waals surface area contributed by atoms with Gasteiger partial charge in [-0.25, -0.2) is 14.1 Å². The van der Waals surface area contributed by atoms with Crippen LogP contribution in [0.3, 0.4) is 0 Å². The number of hydrogen-bond donors (Lipinski definition) is 1. The van der Waals surface area contributed by atoms with E-state index in [0.29, 0.717) is 12.8 Å². The summed E-state index contributed by atoms with van der Waals surface area (Å²) in [5.74, 6) is -1.38. The summed E-state index contributed by atoms with van der Waals surface area (Å²) in [6.45, 7) is 0. The Kier molecular flexibility index (Phi) is 3.60. The summed E-state index contributed by atoms with van der Waals surface area (Å²) in [6.07, 6.45) is 4.09. The molecular weight excluding hydrogens is 259 g/mol. The first-order valence-electron chi connectivity index (χ1n) is 5.67. The lowest BCUT2D eigenvalue weighted by Gasteiger charge is -2.10. The van der Waals surface area contributed by atoms with Crippen molar-refractivity contribution in [2.75, 3.05) is 0 Å². The molecule has 1 aliphatic rings. The third-order valence-corrected chi connectivity index (χ3v) is 4.20. The van der Waals surface area contributed by atoms with Crippen LogP contribution in [0.25, 0.3) is 0 Å². The molecule has 0 radical (unpaired) electrons. The van der Waals surface area contributed by atoms with Gasteiger partial charge in [-0.15, -0.1) is 0 Å². The Morgan fingerprint density at radius 2 is 2.00 bits per heavy atom. The third-order valence-electron chi connectivity index (χ3n) is 2.94. The van der Waals surface area contributed by atoms with Gasteiger partial charge in [-0.1, -0.05) is 12.8 Å². The molecule has 18 heavy (non-hydrogen) atoms. The molecule has 0 unspecified atom stereocenters. The van der Waals surface area contributed by atoms with Gasteiger partial charge in [0, 0.05) is 5.92 Å². The number of nitrogens with one attached hydrogen (secondary N) is 1. The highest BCUT2D eigenvalue weighted by atomic mass is 32.2. The van der Waals surface area contributed by atoms with E-state index in [1.54, 1.807) is 0 Å². The van der Waals surface area contributed by atoms with Gasteiger partial charge in [0.1, 0.15) is 5.82 Å². The molecule has 1 amide bonds. The van der Waals surface area contributed by atoms with E-state index >= 15 is 0 Å². The average Bonchev–Trinajstić information content (AvgIpc) is 2.82. The lowest BCUT2D eigenvalue weighted by Crippen LogP contribution is -2.35. The molecule has 98 valence electrons. The first-order valence-corrected chi connectivity index (χ1v) is 7.15. The highest BCUT2D eigenvalue weighted by Gasteiger charge is 2.27. The summed E-state index contributed by atoms with van der Waals surface area (Å²) < 4.78 is 38.2. The number of nitrogens with zero attached hydrogens (tertiary/aromatic N) is 1. The molecular formula is C11H13FN2O3S. The zero-order valence-corrected chi connectivity index (χ0v) is 10.4. The number of rotatable bonds is 3. The molecule has 1 aromatic heterocycles. The molecule has 2 rings (SSSR count). The number of carbonyl (C=O) groups is 1. The number of aromatic nitrogens is 1. The summed E-state index contributed by atoms with van der Waals surface area (Å²) in [7, 11) is -3.99. The predicted molar refractivity (Wildman–Crippen MR) is 61.5 cm³/mol. The first-order chi connectivity index (χ1) is 8.49. The van der Waals surface area contributed by atoms with Crippen LogP contribution in [-0.2, 0) is 14.8 Å². The second-order valence-electron chi connectivity index (χ2n) is 4.27. The molecule has 0 saturated heterocycles. The zero-order chi connectivity index (χ0) is 13.2. The van der Waals surface area contributed by atoms with Crippen LogP contribution in [0.4, 0.5) is 4.39 Å². The number of halogens is 1. The molecule has 1 N–H and O–H groups in total. The minimum absolute atomic E-state index is 0.250. The quantitative estimate of drug-likeness (QED) is 0.897. The molecule has 0 spiro atoms. The Hall–Kier alpha value is -1.50. The van der Waals surface area contributed by atoms with Gasteiger partial charge in [-0.05, 0) is 25.0 Å². The summed E-state index contributed by atoms with van der Waals surface area (Å²) in [5, 5.41) is -0.352. The van der Waals surface area contributed by atoms with Crippen molar-refractivity contribution >= 4 is 15.9 Å². The van der Waals surface area contributed by atoms with Crippen molar-refractivity contribution in [3.63, 3.8) is 0 Å². The summed E-state index contributed by atoms with van der Waals surface area (Å²) in [6, 6.07) is 2.02. The van der Waals surface area contributed by atoms with Crippen LogP contribution in [0, 0.1) is 11.7 Å². The Bertz CT molecular complexity index is 536. The molecule has 1 heterocycles. The van der Waals surface area contributed by atoms with Gasteiger partial charge in [0.2, 0.25) is 5.91 Å². The van der Waals surface area contributed by atoms with E-state index in [2.05, 4.69) is 4.98 Å². The van der Waals surface area contributed by atoms with Crippen LogP contribution in [0.5, 0.6) is 0 Å². The van der Waals surface area contributed by atoms with E-state index in [1.165, 1.54) is 0 Å². The van der Waals surface area contributed by atoms with Crippen molar-refractivity contribution in [2.24, 2.45) is 5.92 Å². The maximum absolute atomic E-state index is 12.6. The molecule has 0 atom stereocenters. The Balaban J connectivity index is 2.11. The van der Waals surface area contributed by atoms with Crippen LogP contribution in [0.15, 0.2) is 23.4 Å². The predicted octanol–water partition coefficient (Wildman–Crippen LogP) is 1.22. The van der Waals surface area contributed by atoms with Crippen LogP contribution >= 0.6 is 0 Å². The maximum atomic E-state index is 12.6. The van der Waals surface area contributed by atoms with Gasteiger partial charge < -0.3 is 0 Å². The fraction of sp³-hybridized carbons (Fsp3) is 0.455. The summed E-state index contributed by atoms with van der Waals surface area (Å²) in [5.41, 5.74) is 0. The number of hydrogen-bond acceptors (Lipinski definition) is 4. The molecule has 1 saturated carbocycles. The topological polar surface area (TPSA) is 76.1 Å². The van der Waals surface area contributed by atoms with E-state index in [4.69, 9.17) is 0 Å². The summed E-state index contributed by atoms with van der Waals surface area (Å²) in [4.78, 5) is 15.2. The minimum atomic E-state index is -3.99. The normalized spacial score (nSPS) is 16.7. The minimum Gasteiger partial charge on any atom is -0.274 e. The second-order valence-corrected chi connectivity index (χ2v) is 5.90. The Labute approximate surface area is 104 Å². The second kappa shape index (κ2) is 5.01. The van der Waals surface area contributed by atoms with Crippen molar-refractivity contribution in [2.45, 2.75) is 30.7 Å².